The predicted octanol–water partition coefficient (Wildman–Crippen LogP) is 3.10. The Hall–Kier alpha value is -3.68. The van der Waals surface area contributed by atoms with Gasteiger partial charge in [0.25, 0.3) is 17.7 Å². The minimum atomic E-state index is -1.06. The number of esters is 1. The molecule has 1 saturated carbocycles. The minimum absolute atomic E-state index is 0.0135. The molecular formula is C25H26N2O6. The van der Waals surface area contributed by atoms with Crippen LogP contribution in [-0.2, 0) is 16.1 Å². The summed E-state index contributed by atoms with van der Waals surface area (Å²) in [6, 6.07) is 11.6. The number of amides is 3. The van der Waals surface area contributed by atoms with E-state index in [9.17, 15) is 19.2 Å². The summed E-state index contributed by atoms with van der Waals surface area (Å²) in [4.78, 5) is 52.4. The molecule has 2 aromatic rings. The monoisotopic (exact) mass is 450 g/mol. The number of methoxy groups -OCH3 is 1. The van der Waals surface area contributed by atoms with Crippen molar-refractivity contribution in [3.05, 3.63) is 64.7 Å². The maximum Gasteiger partial charge on any atom is 0.331 e. The number of nitrogens with zero attached hydrogens (tertiary/aromatic N) is 1. The van der Waals surface area contributed by atoms with Crippen molar-refractivity contribution in [1.29, 1.82) is 0 Å². The van der Waals surface area contributed by atoms with Crippen LogP contribution in [0.2, 0.25) is 0 Å². The van der Waals surface area contributed by atoms with Gasteiger partial charge in [-0.05, 0) is 49.6 Å². The molecule has 1 aliphatic heterocycles. The summed E-state index contributed by atoms with van der Waals surface area (Å²) in [6.07, 6.45) is 2.65. The number of imide groups is 1. The third-order valence-electron chi connectivity index (χ3n) is 6.20. The number of rotatable bonds is 7. The Morgan fingerprint density at radius 2 is 1.67 bits per heavy atom. The van der Waals surface area contributed by atoms with Crippen LogP contribution >= 0.6 is 0 Å². The lowest BCUT2D eigenvalue weighted by atomic mass is 9.96. The van der Waals surface area contributed by atoms with Gasteiger partial charge in [-0.15, -0.1) is 0 Å². The average Bonchev–Trinajstić information content (AvgIpc) is 3.39. The Bertz CT molecular complexity index is 1080. The van der Waals surface area contributed by atoms with Gasteiger partial charge < -0.3 is 14.8 Å². The number of carbonyl (C=O) groups is 4. The van der Waals surface area contributed by atoms with Crippen LogP contribution in [0, 0.1) is 0 Å². The number of nitrogens with one attached hydrogen (secondary N) is 1. The molecule has 0 saturated heterocycles. The lowest BCUT2D eigenvalue weighted by Gasteiger charge is -2.28. The second-order valence-electron chi connectivity index (χ2n) is 8.24. The van der Waals surface area contributed by atoms with Crippen molar-refractivity contribution in [2.75, 3.05) is 13.7 Å². The van der Waals surface area contributed by atoms with E-state index in [1.807, 2.05) is 0 Å². The standard InChI is InChI=1S/C25H26N2O6/c1-3-33-24(31)25(12-6-7-13-25)26-21(28)19-14-16(10-11-20(19)32-2)15-27-22(29)17-8-4-5-9-18(17)23(27)30/h4-5,8-11,14H,3,6-7,12-13,15H2,1-2H3,(H,26,28). The minimum Gasteiger partial charge on any atom is -0.496 e. The highest BCUT2D eigenvalue weighted by atomic mass is 16.5. The predicted molar refractivity (Wildman–Crippen MR) is 119 cm³/mol. The quantitative estimate of drug-likeness (QED) is 0.514. The molecule has 1 aliphatic carbocycles. The van der Waals surface area contributed by atoms with Crippen molar-refractivity contribution in [3.8, 4) is 5.75 Å². The molecule has 1 N–H and O–H groups in total. The number of benzene rings is 2. The van der Waals surface area contributed by atoms with Gasteiger partial charge in [-0.2, -0.15) is 0 Å². The summed E-state index contributed by atoms with van der Waals surface area (Å²) < 4.78 is 10.6. The zero-order valence-electron chi connectivity index (χ0n) is 18.7. The molecule has 4 rings (SSSR count). The number of hydrogen-bond donors (Lipinski definition) is 1. The second kappa shape index (κ2) is 9.05. The van der Waals surface area contributed by atoms with Gasteiger partial charge in [-0.3, -0.25) is 19.3 Å². The molecule has 0 aromatic heterocycles. The van der Waals surface area contributed by atoms with Crippen LogP contribution in [0.1, 0.15) is 69.2 Å². The van der Waals surface area contributed by atoms with Crippen molar-refractivity contribution in [3.63, 3.8) is 0 Å². The van der Waals surface area contributed by atoms with E-state index in [0.717, 1.165) is 17.7 Å². The third kappa shape index (κ3) is 4.08. The lowest BCUT2D eigenvalue weighted by molar-refractivity contribution is -0.150. The van der Waals surface area contributed by atoms with Crippen molar-refractivity contribution < 1.29 is 28.7 Å². The number of carbonyl (C=O) groups excluding carboxylic acids is 4. The van der Waals surface area contributed by atoms with Gasteiger partial charge >= 0.3 is 5.97 Å². The average molecular weight is 450 g/mol. The molecule has 1 heterocycles. The summed E-state index contributed by atoms with van der Waals surface area (Å²) in [5.74, 6) is -1.31. The summed E-state index contributed by atoms with van der Waals surface area (Å²) in [5.41, 5.74) is 0.490. The topological polar surface area (TPSA) is 102 Å². The number of ether oxygens (including phenoxy) is 2. The van der Waals surface area contributed by atoms with Gasteiger partial charge in [0.15, 0.2) is 0 Å². The van der Waals surface area contributed by atoms with E-state index >= 15 is 0 Å². The summed E-state index contributed by atoms with van der Waals surface area (Å²) in [7, 11) is 1.45. The van der Waals surface area contributed by atoms with Crippen LogP contribution in [0.15, 0.2) is 42.5 Å². The van der Waals surface area contributed by atoms with Gasteiger partial charge in [-0.25, -0.2) is 4.79 Å². The van der Waals surface area contributed by atoms with E-state index in [0.29, 0.717) is 35.3 Å². The first-order chi connectivity index (χ1) is 15.9. The zero-order chi connectivity index (χ0) is 23.6. The maximum absolute atomic E-state index is 13.2. The first-order valence-corrected chi connectivity index (χ1v) is 11.0. The summed E-state index contributed by atoms with van der Waals surface area (Å²) in [5, 5.41) is 2.88. The molecule has 2 aliphatic rings. The normalized spacial score (nSPS) is 16.5. The lowest BCUT2D eigenvalue weighted by Crippen LogP contribution is -2.53. The van der Waals surface area contributed by atoms with Gasteiger partial charge in [0.1, 0.15) is 11.3 Å². The molecule has 33 heavy (non-hydrogen) atoms. The second-order valence-corrected chi connectivity index (χ2v) is 8.24. The van der Waals surface area contributed by atoms with Gasteiger partial charge in [0.2, 0.25) is 0 Å². The van der Waals surface area contributed by atoms with E-state index in [2.05, 4.69) is 5.32 Å². The molecule has 0 spiro atoms. The molecule has 8 heteroatoms. The molecular weight excluding hydrogens is 424 g/mol. The largest absolute Gasteiger partial charge is 0.496 e. The summed E-state index contributed by atoms with van der Waals surface area (Å²) >= 11 is 0. The van der Waals surface area contributed by atoms with Crippen molar-refractivity contribution in [2.24, 2.45) is 0 Å². The van der Waals surface area contributed by atoms with Crippen molar-refractivity contribution in [1.82, 2.24) is 10.2 Å². The molecule has 0 radical (unpaired) electrons. The molecule has 3 amide bonds. The molecule has 0 atom stereocenters. The first kappa shape index (κ1) is 22.5. The van der Waals surface area contributed by atoms with Crippen LogP contribution < -0.4 is 10.1 Å². The van der Waals surface area contributed by atoms with Gasteiger partial charge in [0.05, 0.1) is 37.0 Å². The molecule has 2 aromatic carbocycles. The van der Waals surface area contributed by atoms with E-state index < -0.39 is 17.4 Å². The van der Waals surface area contributed by atoms with E-state index in [4.69, 9.17) is 9.47 Å². The molecule has 1 fully saturated rings. The Morgan fingerprint density at radius 1 is 1.03 bits per heavy atom. The molecule has 0 unspecified atom stereocenters. The van der Waals surface area contributed by atoms with Gasteiger partial charge in [0, 0.05) is 0 Å². The highest BCUT2D eigenvalue weighted by Crippen LogP contribution is 2.32. The van der Waals surface area contributed by atoms with Crippen LogP contribution in [0.5, 0.6) is 5.75 Å². The Labute approximate surface area is 191 Å². The number of fused-ring (bicyclic) bond motifs is 1. The van der Waals surface area contributed by atoms with Crippen LogP contribution in [0.25, 0.3) is 0 Å². The van der Waals surface area contributed by atoms with Crippen molar-refractivity contribution >= 4 is 23.7 Å². The van der Waals surface area contributed by atoms with E-state index in [1.165, 1.54) is 7.11 Å². The smallest absolute Gasteiger partial charge is 0.331 e. The first-order valence-electron chi connectivity index (χ1n) is 11.0. The van der Waals surface area contributed by atoms with E-state index in [1.54, 1.807) is 49.4 Å². The van der Waals surface area contributed by atoms with Crippen molar-refractivity contribution in [2.45, 2.75) is 44.7 Å². The SMILES string of the molecule is CCOC(=O)C1(NC(=O)c2cc(CN3C(=O)c4ccccc4C3=O)ccc2OC)CCCC1. The Morgan fingerprint density at radius 3 is 2.24 bits per heavy atom. The summed E-state index contributed by atoms with van der Waals surface area (Å²) in [6.45, 7) is 1.98. The van der Waals surface area contributed by atoms with Gasteiger partial charge in [-0.1, -0.05) is 31.0 Å². The molecule has 0 bridgehead atoms. The Kier molecular flexibility index (Phi) is 6.18. The van der Waals surface area contributed by atoms with Crippen LogP contribution in [-0.4, -0.2) is 47.8 Å². The van der Waals surface area contributed by atoms with E-state index in [-0.39, 0.29) is 30.5 Å². The fourth-order valence-corrected chi connectivity index (χ4v) is 4.51. The number of hydrogen-bond acceptors (Lipinski definition) is 6. The fourth-order valence-electron chi connectivity index (χ4n) is 4.51. The maximum atomic E-state index is 13.2. The molecule has 8 nitrogen and oxygen atoms in total. The third-order valence-corrected chi connectivity index (χ3v) is 6.20. The van der Waals surface area contributed by atoms with Crippen LogP contribution in [0.4, 0.5) is 0 Å². The highest BCUT2D eigenvalue weighted by Gasteiger charge is 2.44. The fraction of sp³-hybridized carbons (Fsp3) is 0.360. The zero-order valence-corrected chi connectivity index (χ0v) is 18.7. The molecule has 172 valence electrons. The highest BCUT2D eigenvalue weighted by molar-refractivity contribution is 6.21. The Balaban J connectivity index is 1.59. The van der Waals surface area contributed by atoms with Crippen LogP contribution in [0.3, 0.4) is 0 Å².